The molecule has 1 aromatic heterocycles. The van der Waals surface area contributed by atoms with Gasteiger partial charge in [-0.1, -0.05) is 6.07 Å². The Morgan fingerprint density at radius 1 is 1.21 bits per heavy atom. The highest BCUT2D eigenvalue weighted by atomic mass is 16.5. The molecule has 1 heterocycles. The Hall–Kier alpha value is -1.13. The average Bonchev–Trinajstić information content (AvgIpc) is 2.34. The van der Waals surface area contributed by atoms with Crippen LogP contribution in [0.1, 0.15) is 33.4 Å². The fraction of sp³-hybridized carbons (Fsp3) is 0.667. The van der Waals surface area contributed by atoms with Crippen LogP contribution in [0, 0.1) is 0 Å². The minimum Gasteiger partial charge on any atom is -0.476 e. The lowest BCUT2D eigenvalue weighted by atomic mass is 10.2. The third-order valence-electron chi connectivity index (χ3n) is 3.07. The van der Waals surface area contributed by atoms with Crippen LogP contribution in [-0.2, 0) is 6.54 Å². The summed E-state index contributed by atoms with van der Waals surface area (Å²) in [6, 6.07) is 6.96. The standard InChI is InChI=1S/C15H27N3O/c1-12(2)18(13(3)4)9-10-19-15-8-6-7-14(17-15)11-16-5/h6-8,12-13,16H,9-11H2,1-5H3. The molecule has 0 spiro atoms. The number of hydrogen-bond donors (Lipinski definition) is 1. The molecule has 0 aliphatic heterocycles. The molecule has 0 aromatic carbocycles. The van der Waals surface area contributed by atoms with Crippen LogP contribution in [0.15, 0.2) is 18.2 Å². The predicted molar refractivity (Wildman–Crippen MR) is 79.5 cm³/mol. The SMILES string of the molecule is CNCc1cccc(OCCN(C(C)C)C(C)C)n1. The van der Waals surface area contributed by atoms with E-state index in [1.165, 1.54) is 0 Å². The molecule has 0 radical (unpaired) electrons. The Morgan fingerprint density at radius 2 is 1.89 bits per heavy atom. The molecule has 4 heteroatoms. The minimum absolute atomic E-state index is 0.534. The molecule has 0 atom stereocenters. The van der Waals surface area contributed by atoms with E-state index in [0.717, 1.165) is 18.8 Å². The summed E-state index contributed by atoms with van der Waals surface area (Å²) < 4.78 is 5.74. The van der Waals surface area contributed by atoms with E-state index < -0.39 is 0 Å². The number of nitrogens with one attached hydrogen (secondary N) is 1. The molecule has 0 fully saturated rings. The van der Waals surface area contributed by atoms with Crippen LogP contribution in [-0.4, -0.2) is 42.2 Å². The van der Waals surface area contributed by atoms with Crippen molar-refractivity contribution in [3.05, 3.63) is 23.9 Å². The van der Waals surface area contributed by atoms with Crippen molar-refractivity contribution in [1.82, 2.24) is 15.2 Å². The summed E-state index contributed by atoms with van der Waals surface area (Å²) in [7, 11) is 1.92. The van der Waals surface area contributed by atoms with E-state index in [-0.39, 0.29) is 0 Å². The van der Waals surface area contributed by atoms with Crippen LogP contribution in [0.25, 0.3) is 0 Å². The van der Waals surface area contributed by atoms with Gasteiger partial charge in [-0.25, -0.2) is 4.98 Å². The smallest absolute Gasteiger partial charge is 0.213 e. The Bertz CT molecular complexity index is 358. The zero-order valence-corrected chi connectivity index (χ0v) is 12.8. The summed E-state index contributed by atoms with van der Waals surface area (Å²) in [6.07, 6.45) is 0. The van der Waals surface area contributed by atoms with Crippen molar-refractivity contribution in [1.29, 1.82) is 0 Å². The second-order valence-corrected chi connectivity index (χ2v) is 5.27. The zero-order valence-electron chi connectivity index (χ0n) is 12.8. The van der Waals surface area contributed by atoms with Gasteiger partial charge in [0.15, 0.2) is 0 Å². The molecule has 19 heavy (non-hydrogen) atoms. The van der Waals surface area contributed by atoms with Crippen molar-refractivity contribution in [3.63, 3.8) is 0 Å². The molecule has 0 aliphatic carbocycles. The van der Waals surface area contributed by atoms with Gasteiger partial charge in [0.05, 0.1) is 5.69 Å². The maximum Gasteiger partial charge on any atom is 0.213 e. The monoisotopic (exact) mass is 265 g/mol. The van der Waals surface area contributed by atoms with E-state index in [2.05, 4.69) is 42.9 Å². The Labute approximate surface area is 117 Å². The van der Waals surface area contributed by atoms with E-state index in [9.17, 15) is 0 Å². The quantitative estimate of drug-likeness (QED) is 0.782. The van der Waals surface area contributed by atoms with Gasteiger partial charge in [-0.2, -0.15) is 0 Å². The van der Waals surface area contributed by atoms with Crippen LogP contribution in [0.4, 0.5) is 0 Å². The molecule has 1 rings (SSSR count). The van der Waals surface area contributed by atoms with Gasteiger partial charge in [-0.3, -0.25) is 4.90 Å². The lowest BCUT2D eigenvalue weighted by Crippen LogP contribution is -2.39. The fourth-order valence-corrected chi connectivity index (χ4v) is 2.19. The fourth-order valence-electron chi connectivity index (χ4n) is 2.19. The second-order valence-electron chi connectivity index (χ2n) is 5.27. The molecular formula is C15H27N3O. The molecule has 0 amide bonds. The Morgan fingerprint density at radius 3 is 2.47 bits per heavy atom. The van der Waals surface area contributed by atoms with Crippen molar-refractivity contribution in [2.24, 2.45) is 0 Å². The van der Waals surface area contributed by atoms with E-state index >= 15 is 0 Å². The molecule has 0 bridgehead atoms. The highest BCUT2D eigenvalue weighted by molar-refractivity contribution is 5.15. The highest BCUT2D eigenvalue weighted by Gasteiger charge is 2.12. The maximum atomic E-state index is 5.74. The van der Waals surface area contributed by atoms with Crippen molar-refractivity contribution >= 4 is 0 Å². The van der Waals surface area contributed by atoms with Crippen molar-refractivity contribution in [2.75, 3.05) is 20.2 Å². The minimum atomic E-state index is 0.534. The van der Waals surface area contributed by atoms with Crippen molar-refractivity contribution in [2.45, 2.75) is 46.3 Å². The molecule has 0 saturated heterocycles. The first-order chi connectivity index (χ1) is 9.04. The average molecular weight is 265 g/mol. The normalized spacial score (nSPS) is 11.6. The summed E-state index contributed by atoms with van der Waals surface area (Å²) in [4.78, 5) is 6.86. The third-order valence-corrected chi connectivity index (χ3v) is 3.07. The first-order valence-electron chi connectivity index (χ1n) is 7.03. The molecule has 0 aliphatic rings. The molecular weight excluding hydrogens is 238 g/mol. The number of hydrogen-bond acceptors (Lipinski definition) is 4. The summed E-state index contributed by atoms with van der Waals surface area (Å²) >= 11 is 0. The number of nitrogens with zero attached hydrogens (tertiary/aromatic N) is 2. The van der Waals surface area contributed by atoms with E-state index in [1.54, 1.807) is 0 Å². The molecule has 0 unspecified atom stereocenters. The van der Waals surface area contributed by atoms with Gasteiger partial charge < -0.3 is 10.1 Å². The number of pyridine rings is 1. The Balaban J connectivity index is 2.45. The summed E-state index contributed by atoms with van der Waals surface area (Å²) in [5, 5.41) is 3.09. The topological polar surface area (TPSA) is 37.4 Å². The first kappa shape index (κ1) is 15.9. The van der Waals surface area contributed by atoms with Crippen molar-refractivity contribution < 1.29 is 4.74 Å². The van der Waals surface area contributed by atoms with Crippen LogP contribution in [0.3, 0.4) is 0 Å². The highest BCUT2D eigenvalue weighted by Crippen LogP contribution is 2.09. The van der Waals surface area contributed by atoms with E-state index in [4.69, 9.17) is 4.74 Å². The lowest BCUT2D eigenvalue weighted by molar-refractivity contribution is 0.140. The molecule has 1 aromatic rings. The van der Waals surface area contributed by atoms with Gasteiger partial charge in [-0.05, 0) is 40.8 Å². The molecule has 4 nitrogen and oxygen atoms in total. The number of aromatic nitrogens is 1. The second kappa shape index (κ2) is 8.12. The third kappa shape index (κ3) is 5.57. The number of rotatable bonds is 8. The maximum absolute atomic E-state index is 5.74. The summed E-state index contributed by atoms with van der Waals surface area (Å²) in [6.45, 7) is 11.2. The summed E-state index contributed by atoms with van der Waals surface area (Å²) in [5.41, 5.74) is 1.00. The lowest BCUT2D eigenvalue weighted by Gasteiger charge is -2.30. The first-order valence-corrected chi connectivity index (χ1v) is 7.03. The van der Waals surface area contributed by atoms with Crippen LogP contribution in [0.5, 0.6) is 5.88 Å². The molecule has 1 N–H and O–H groups in total. The van der Waals surface area contributed by atoms with Gasteiger partial charge in [0.1, 0.15) is 6.61 Å². The van der Waals surface area contributed by atoms with Gasteiger partial charge >= 0.3 is 0 Å². The van der Waals surface area contributed by atoms with Crippen LogP contribution in [0.2, 0.25) is 0 Å². The largest absolute Gasteiger partial charge is 0.476 e. The Kier molecular flexibility index (Phi) is 6.81. The van der Waals surface area contributed by atoms with Gasteiger partial charge in [0.25, 0.3) is 0 Å². The van der Waals surface area contributed by atoms with Crippen LogP contribution >= 0.6 is 0 Å². The zero-order chi connectivity index (χ0) is 14.3. The van der Waals surface area contributed by atoms with Gasteiger partial charge in [-0.15, -0.1) is 0 Å². The summed E-state index contributed by atoms with van der Waals surface area (Å²) in [5.74, 6) is 0.709. The molecule has 108 valence electrons. The van der Waals surface area contributed by atoms with Gasteiger partial charge in [0, 0.05) is 31.2 Å². The molecule has 0 saturated carbocycles. The van der Waals surface area contributed by atoms with Crippen LogP contribution < -0.4 is 10.1 Å². The van der Waals surface area contributed by atoms with Gasteiger partial charge in [0.2, 0.25) is 5.88 Å². The number of ether oxygens (including phenoxy) is 1. The predicted octanol–water partition coefficient (Wildman–Crippen LogP) is 2.30. The van der Waals surface area contributed by atoms with E-state index in [0.29, 0.717) is 24.6 Å². The van der Waals surface area contributed by atoms with E-state index in [1.807, 2.05) is 25.2 Å². The van der Waals surface area contributed by atoms with Crippen molar-refractivity contribution in [3.8, 4) is 5.88 Å².